The van der Waals surface area contributed by atoms with E-state index in [-0.39, 0.29) is 0 Å². The first-order valence-corrected chi connectivity index (χ1v) is 8.60. The second kappa shape index (κ2) is 8.47. The molecule has 0 radical (unpaired) electrons. The third kappa shape index (κ3) is 5.06. The van der Waals surface area contributed by atoms with Crippen molar-refractivity contribution in [1.82, 2.24) is 0 Å². The van der Waals surface area contributed by atoms with Crippen LogP contribution in [0.3, 0.4) is 0 Å². The van der Waals surface area contributed by atoms with Crippen LogP contribution in [0, 0.1) is 5.92 Å². The summed E-state index contributed by atoms with van der Waals surface area (Å²) in [5.74, 6) is 0.934. The van der Waals surface area contributed by atoms with E-state index in [0.29, 0.717) is 0 Å². The average Bonchev–Trinajstić information content (AvgIpc) is 2.46. The van der Waals surface area contributed by atoms with Crippen LogP contribution >= 0.6 is 11.8 Å². The van der Waals surface area contributed by atoms with Gasteiger partial charge in [-0.3, -0.25) is 0 Å². The predicted octanol–water partition coefficient (Wildman–Crippen LogP) is 6.08. The van der Waals surface area contributed by atoms with Gasteiger partial charge in [0.25, 0.3) is 0 Å². The number of benzene rings is 1. The molecule has 0 bridgehead atoms. The Morgan fingerprint density at radius 1 is 1.11 bits per heavy atom. The van der Waals surface area contributed by atoms with E-state index in [0.717, 1.165) is 11.2 Å². The summed E-state index contributed by atoms with van der Waals surface area (Å²) < 4.78 is 0. The molecule has 2 atom stereocenters. The van der Waals surface area contributed by atoms with Gasteiger partial charge in [-0.15, -0.1) is 18.3 Å². The van der Waals surface area contributed by atoms with Crippen LogP contribution in [-0.2, 0) is 0 Å². The molecule has 0 saturated heterocycles. The molecular weight excluding hydrogens is 248 g/mol. The lowest BCUT2D eigenvalue weighted by atomic mass is 9.85. The predicted molar refractivity (Wildman–Crippen MR) is 86.7 cm³/mol. The minimum absolute atomic E-state index is 0.847. The molecule has 0 N–H and O–H groups in total. The van der Waals surface area contributed by atoms with Crippen molar-refractivity contribution in [3.05, 3.63) is 43.0 Å². The average molecular weight is 274 g/mol. The Hall–Kier alpha value is -0.690. The molecule has 1 aliphatic rings. The molecule has 0 spiro atoms. The van der Waals surface area contributed by atoms with Crippen LogP contribution in [0.2, 0.25) is 0 Å². The van der Waals surface area contributed by atoms with E-state index in [1.165, 1.54) is 56.3 Å². The molecule has 1 aliphatic carbocycles. The first kappa shape index (κ1) is 14.7. The molecule has 1 aromatic rings. The summed E-state index contributed by atoms with van der Waals surface area (Å²) in [6.07, 6.45) is 13.1. The van der Waals surface area contributed by atoms with Crippen molar-refractivity contribution >= 4 is 11.8 Å². The van der Waals surface area contributed by atoms with Gasteiger partial charge in [-0.2, -0.15) is 0 Å². The molecule has 104 valence electrons. The molecule has 0 aliphatic heterocycles. The van der Waals surface area contributed by atoms with Gasteiger partial charge in [0.05, 0.1) is 0 Å². The van der Waals surface area contributed by atoms with Crippen molar-refractivity contribution in [2.45, 2.75) is 61.5 Å². The Labute approximate surface area is 122 Å². The minimum atomic E-state index is 0.847. The normalized spacial score (nSPS) is 23.2. The van der Waals surface area contributed by atoms with Crippen molar-refractivity contribution in [3.63, 3.8) is 0 Å². The largest absolute Gasteiger partial charge is 0.122 e. The quantitative estimate of drug-likeness (QED) is 0.428. The maximum Gasteiger partial charge on any atom is 0.0123 e. The van der Waals surface area contributed by atoms with Crippen LogP contribution in [0.15, 0.2) is 47.9 Å². The highest BCUT2D eigenvalue weighted by molar-refractivity contribution is 8.00. The maximum atomic E-state index is 3.81. The topological polar surface area (TPSA) is 0 Å². The molecule has 0 aromatic heterocycles. The minimum Gasteiger partial charge on any atom is -0.122 e. The lowest BCUT2D eigenvalue weighted by Crippen LogP contribution is -2.21. The number of unbranched alkanes of at least 4 members (excludes halogenated alkanes) is 2. The Balaban J connectivity index is 1.83. The standard InChI is InChI=1S/C18H26S/c1-2-3-4-6-11-16-12-9-10-15-18(16)19-17-13-7-5-8-14-17/h2,5,7-8,13-14,16,18H,1,3-4,6,9-12,15H2. The Kier molecular flexibility index (Phi) is 6.56. The summed E-state index contributed by atoms with van der Waals surface area (Å²) in [5, 5.41) is 0.847. The van der Waals surface area contributed by atoms with Gasteiger partial charge in [0.1, 0.15) is 0 Å². The number of rotatable bonds is 7. The van der Waals surface area contributed by atoms with Gasteiger partial charge in [0.15, 0.2) is 0 Å². The molecule has 1 heteroatoms. The van der Waals surface area contributed by atoms with Crippen LogP contribution in [-0.4, -0.2) is 5.25 Å². The van der Waals surface area contributed by atoms with Crippen LogP contribution < -0.4 is 0 Å². The highest BCUT2D eigenvalue weighted by Crippen LogP contribution is 2.39. The number of thioether (sulfide) groups is 1. The van der Waals surface area contributed by atoms with E-state index in [9.17, 15) is 0 Å². The van der Waals surface area contributed by atoms with Gasteiger partial charge in [0, 0.05) is 10.1 Å². The molecule has 0 heterocycles. The summed E-state index contributed by atoms with van der Waals surface area (Å²) in [6.45, 7) is 3.81. The zero-order chi connectivity index (χ0) is 13.3. The van der Waals surface area contributed by atoms with Crippen LogP contribution in [0.5, 0.6) is 0 Å². The van der Waals surface area contributed by atoms with E-state index >= 15 is 0 Å². The summed E-state index contributed by atoms with van der Waals surface area (Å²) in [6, 6.07) is 10.9. The molecular formula is C18H26S. The van der Waals surface area contributed by atoms with Crippen LogP contribution in [0.25, 0.3) is 0 Å². The molecule has 1 fully saturated rings. The fourth-order valence-electron chi connectivity index (χ4n) is 3.03. The van der Waals surface area contributed by atoms with Gasteiger partial charge < -0.3 is 0 Å². The summed E-state index contributed by atoms with van der Waals surface area (Å²) >= 11 is 2.12. The first-order valence-electron chi connectivity index (χ1n) is 7.73. The van der Waals surface area contributed by atoms with E-state index in [2.05, 4.69) is 54.7 Å². The third-order valence-corrected chi connectivity index (χ3v) is 5.57. The van der Waals surface area contributed by atoms with E-state index in [1.807, 2.05) is 0 Å². The van der Waals surface area contributed by atoms with Crippen molar-refractivity contribution in [3.8, 4) is 0 Å². The van der Waals surface area contributed by atoms with E-state index < -0.39 is 0 Å². The summed E-state index contributed by atoms with van der Waals surface area (Å²) in [4.78, 5) is 1.45. The van der Waals surface area contributed by atoms with Crippen LogP contribution in [0.1, 0.15) is 51.4 Å². The van der Waals surface area contributed by atoms with Gasteiger partial charge in [0.2, 0.25) is 0 Å². The smallest absolute Gasteiger partial charge is 0.0123 e. The molecule has 1 saturated carbocycles. The Morgan fingerprint density at radius 3 is 2.68 bits per heavy atom. The zero-order valence-corrected chi connectivity index (χ0v) is 12.7. The zero-order valence-electron chi connectivity index (χ0n) is 11.9. The summed E-state index contributed by atoms with van der Waals surface area (Å²) in [7, 11) is 0. The Morgan fingerprint density at radius 2 is 1.89 bits per heavy atom. The fraction of sp³-hybridized carbons (Fsp3) is 0.556. The summed E-state index contributed by atoms with van der Waals surface area (Å²) in [5.41, 5.74) is 0. The third-order valence-electron chi connectivity index (χ3n) is 4.10. The van der Waals surface area contributed by atoms with Gasteiger partial charge in [-0.1, -0.05) is 43.5 Å². The molecule has 2 rings (SSSR count). The monoisotopic (exact) mass is 274 g/mol. The Bertz CT molecular complexity index is 357. The van der Waals surface area contributed by atoms with Gasteiger partial charge in [-0.05, 0) is 50.2 Å². The lowest BCUT2D eigenvalue weighted by molar-refractivity contribution is 0.341. The van der Waals surface area contributed by atoms with Crippen molar-refractivity contribution in [2.75, 3.05) is 0 Å². The SMILES string of the molecule is C=CCCCCC1CCCCC1Sc1ccccc1. The van der Waals surface area contributed by atoms with Crippen LogP contribution in [0.4, 0.5) is 0 Å². The van der Waals surface area contributed by atoms with E-state index in [1.54, 1.807) is 0 Å². The number of hydrogen-bond acceptors (Lipinski definition) is 1. The number of allylic oxidation sites excluding steroid dienone is 1. The maximum absolute atomic E-state index is 3.81. The van der Waals surface area contributed by atoms with Crippen molar-refractivity contribution in [2.24, 2.45) is 5.92 Å². The second-order valence-corrected chi connectivity index (χ2v) is 6.90. The highest BCUT2D eigenvalue weighted by atomic mass is 32.2. The molecule has 2 unspecified atom stereocenters. The van der Waals surface area contributed by atoms with Gasteiger partial charge >= 0.3 is 0 Å². The first-order chi connectivity index (χ1) is 9.40. The fourth-order valence-corrected chi connectivity index (χ4v) is 4.44. The molecule has 0 amide bonds. The molecule has 0 nitrogen and oxygen atoms in total. The second-order valence-electron chi connectivity index (χ2n) is 5.59. The van der Waals surface area contributed by atoms with E-state index in [4.69, 9.17) is 0 Å². The lowest BCUT2D eigenvalue weighted by Gasteiger charge is -2.31. The molecule has 1 aromatic carbocycles. The van der Waals surface area contributed by atoms with Crippen molar-refractivity contribution in [1.29, 1.82) is 0 Å². The molecule has 19 heavy (non-hydrogen) atoms. The van der Waals surface area contributed by atoms with Crippen molar-refractivity contribution < 1.29 is 0 Å². The number of hydrogen-bond donors (Lipinski definition) is 0. The van der Waals surface area contributed by atoms with Gasteiger partial charge in [-0.25, -0.2) is 0 Å². The highest BCUT2D eigenvalue weighted by Gasteiger charge is 2.25.